The first-order valence-electron chi connectivity index (χ1n) is 7.37. The highest BCUT2D eigenvalue weighted by atomic mass is 31.2. The number of H-pyrrole nitrogens is 1. The second kappa shape index (κ2) is 5.25. The number of hydrogen-bond donors (Lipinski definition) is 4. The Hall–Kier alpha value is -1.49. The van der Waals surface area contributed by atoms with Crippen molar-refractivity contribution in [2.75, 3.05) is 24.3 Å². The van der Waals surface area contributed by atoms with Crippen molar-refractivity contribution in [3.8, 4) is 0 Å². The molecular formula is C12H17N4O7P. The smallest absolute Gasteiger partial charge is 0.390 e. The van der Waals surface area contributed by atoms with Crippen LogP contribution in [0, 0.1) is 5.92 Å². The van der Waals surface area contributed by atoms with Crippen LogP contribution in [0.2, 0.25) is 0 Å². The number of anilines is 2. The molecule has 4 rings (SSSR count). The van der Waals surface area contributed by atoms with E-state index >= 15 is 0 Å². The molecule has 3 aliphatic heterocycles. The molecule has 0 aromatic carbocycles. The number of nitrogens with zero attached hydrogens (tertiary/aromatic N) is 2. The van der Waals surface area contributed by atoms with E-state index in [1.807, 2.05) is 0 Å². The molecule has 6 atom stereocenters. The zero-order valence-electron chi connectivity index (χ0n) is 12.7. The standard InChI is InChI=1S/C12H17N4O7P/c1-16-9-5(10(18)15-12(13)14-9)2-4-7(17)8-6(22-11(4)16)3-21-24(19,20)23-8/h4,6-8,11,17H,2-3H2,1H3,(H,19,20)(H3,13,14,15,18)/t4-,6+,7-,8-,11+/m0/s1. The fourth-order valence-corrected chi connectivity index (χ4v) is 4.51. The highest BCUT2D eigenvalue weighted by Gasteiger charge is 2.54. The topological polar surface area (TPSA) is 160 Å². The van der Waals surface area contributed by atoms with Gasteiger partial charge in [-0.15, -0.1) is 0 Å². The molecule has 24 heavy (non-hydrogen) atoms. The predicted octanol–water partition coefficient (Wildman–Crippen LogP) is -1.44. The fraction of sp³-hybridized carbons (Fsp3) is 0.667. The Bertz CT molecular complexity index is 785. The van der Waals surface area contributed by atoms with Gasteiger partial charge in [-0.1, -0.05) is 0 Å². The van der Waals surface area contributed by atoms with Crippen molar-refractivity contribution in [2.24, 2.45) is 5.92 Å². The van der Waals surface area contributed by atoms with Crippen LogP contribution >= 0.6 is 7.82 Å². The van der Waals surface area contributed by atoms with E-state index in [1.54, 1.807) is 11.9 Å². The summed E-state index contributed by atoms with van der Waals surface area (Å²) in [6.45, 7) is -0.176. The van der Waals surface area contributed by atoms with Crippen molar-refractivity contribution in [1.82, 2.24) is 9.97 Å². The first-order valence-corrected chi connectivity index (χ1v) is 8.87. The lowest BCUT2D eigenvalue weighted by Crippen LogP contribution is -2.64. The number of aliphatic hydroxyl groups excluding tert-OH is 1. The van der Waals surface area contributed by atoms with Crippen LogP contribution in [0.4, 0.5) is 11.8 Å². The molecule has 0 amide bonds. The number of rotatable bonds is 0. The molecule has 2 saturated heterocycles. The summed E-state index contributed by atoms with van der Waals surface area (Å²) in [5.41, 5.74) is 5.57. The van der Waals surface area contributed by atoms with Gasteiger partial charge in [0.2, 0.25) is 5.95 Å². The van der Waals surface area contributed by atoms with E-state index in [9.17, 15) is 19.4 Å². The molecule has 3 aliphatic rings. The van der Waals surface area contributed by atoms with E-state index in [0.717, 1.165) is 0 Å². The molecule has 0 aliphatic carbocycles. The molecule has 132 valence electrons. The molecule has 0 bridgehead atoms. The maximum atomic E-state index is 12.1. The number of aromatic amines is 1. The molecular weight excluding hydrogens is 343 g/mol. The van der Waals surface area contributed by atoms with Gasteiger partial charge in [-0.05, 0) is 6.42 Å². The molecule has 11 nitrogen and oxygen atoms in total. The zero-order valence-corrected chi connectivity index (χ0v) is 13.6. The average molecular weight is 360 g/mol. The number of ether oxygens (including phenoxy) is 1. The minimum atomic E-state index is -4.21. The number of aliphatic hydroxyl groups is 1. The molecule has 0 spiro atoms. The Balaban J connectivity index is 1.72. The fourth-order valence-electron chi connectivity index (χ4n) is 3.54. The first-order chi connectivity index (χ1) is 11.3. The summed E-state index contributed by atoms with van der Waals surface area (Å²) in [5, 5.41) is 10.6. The largest absolute Gasteiger partial charge is 0.472 e. The number of phosphoric ester groups is 1. The number of nitrogens with one attached hydrogen (secondary N) is 1. The predicted molar refractivity (Wildman–Crippen MR) is 80.2 cm³/mol. The van der Waals surface area contributed by atoms with Crippen molar-refractivity contribution < 1.29 is 28.3 Å². The van der Waals surface area contributed by atoms with Gasteiger partial charge in [-0.25, -0.2) is 4.57 Å². The Morgan fingerprint density at radius 1 is 1.50 bits per heavy atom. The molecule has 2 fully saturated rings. The van der Waals surface area contributed by atoms with Gasteiger partial charge in [0.25, 0.3) is 5.56 Å². The lowest BCUT2D eigenvalue weighted by atomic mass is 9.83. The molecule has 0 radical (unpaired) electrons. The summed E-state index contributed by atoms with van der Waals surface area (Å²) in [6, 6.07) is 0. The Labute approximate surface area is 136 Å². The summed E-state index contributed by atoms with van der Waals surface area (Å²) in [5.74, 6) is -0.161. The van der Waals surface area contributed by atoms with Crippen molar-refractivity contribution >= 4 is 19.6 Å². The Morgan fingerprint density at radius 3 is 3.00 bits per heavy atom. The number of fused-ring (bicyclic) bond motifs is 3. The lowest BCUT2D eigenvalue weighted by molar-refractivity contribution is -0.219. The van der Waals surface area contributed by atoms with Gasteiger partial charge >= 0.3 is 7.82 Å². The molecule has 4 heterocycles. The molecule has 1 unspecified atom stereocenters. The van der Waals surface area contributed by atoms with Crippen molar-refractivity contribution in [3.05, 3.63) is 15.9 Å². The number of hydrogen-bond acceptors (Lipinski definition) is 9. The van der Waals surface area contributed by atoms with Crippen molar-refractivity contribution in [2.45, 2.75) is 31.0 Å². The van der Waals surface area contributed by atoms with Crippen molar-refractivity contribution in [3.63, 3.8) is 0 Å². The van der Waals surface area contributed by atoms with Gasteiger partial charge in [-0.3, -0.25) is 18.8 Å². The highest BCUT2D eigenvalue weighted by Crippen LogP contribution is 2.52. The maximum Gasteiger partial charge on any atom is 0.472 e. The second-order valence-corrected chi connectivity index (χ2v) is 7.53. The van der Waals surface area contributed by atoms with Crippen LogP contribution in [0.1, 0.15) is 5.56 Å². The van der Waals surface area contributed by atoms with Crippen LogP contribution in [0.5, 0.6) is 0 Å². The summed E-state index contributed by atoms with van der Waals surface area (Å²) in [6.07, 6.45) is -3.24. The van der Waals surface area contributed by atoms with E-state index in [4.69, 9.17) is 19.5 Å². The van der Waals surface area contributed by atoms with Crippen LogP contribution in [-0.2, 0) is 24.8 Å². The van der Waals surface area contributed by atoms with Crippen LogP contribution in [-0.4, -0.2) is 58.2 Å². The zero-order chi connectivity index (χ0) is 17.2. The third-order valence-electron chi connectivity index (χ3n) is 4.65. The number of nitrogens with two attached hydrogens (primary N) is 1. The van der Waals surface area contributed by atoms with Crippen LogP contribution in [0.3, 0.4) is 0 Å². The third-order valence-corrected chi connectivity index (χ3v) is 5.63. The SMILES string of the molecule is CN1c2nc(N)[nH]c(=O)c2C[C@H]2[C@H](O)[C@H]3OP(=O)(O)OC[C@H]3O[C@H]21. The average Bonchev–Trinajstić information content (AvgIpc) is 2.50. The summed E-state index contributed by atoms with van der Waals surface area (Å²) in [7, 11) is -2.53. The van der Waals surface area contributed by atoms with Gasteiger partial charge in [-0.2, -0.15) is 4.98 Å². The van der Waals surface area contributed by atoms with Gasteiger partial charge < -0.3 is 25.4 Å². The number of nitrogen functional groups attached to an aromatic ring is 1. The van der Waals surface area contributed by atoms with Gasteiger partial charge in [0.05, 0.1) is 18.3 Å². The van der Waals surface area contributed by atoms with E-state index in [0.29, 0.717) is 11.4 Å². The Morgan fingerprint density at radius 2 is 2.25 bits per heavy atom. The maximum absolute atomic E-state index is 12.1. The third kappa shape index (κ3) is 2.36. The highest BCUT2D eigenvalue weighted by molar-refractivity contribution is 7.47. The van der Waals surface area contributed by atoms with E-state index in [2.05, 4.69) is 9.97 Å². The van der Waals surface area contributed by atoms with Gasteiger partial charge in [0, 0.05) is 13.0 Å². The Kier molecular flexibility index (Phi) is 3.50. The lowest BCUT2D eigenvalue weighted by Gasteiger charge is -2.51. The van der Waals surface area contributed by atoms with E-state index in [1.165, 1.54) is 0 Å². The minimum absolute atomic E-state index is 0.0103. The number of phosphoric acid groups is 1. The van der Waals surface area contributed by atoms with Crippen LogP contribution in [0.15, 0.2) is 4.79 Å². The molecule has 1 aromatic heterocycles. The second-order valence-electron chi connectivity index (χ2n) is 6.12. The number of aromatic nitrogens is 2. The normalized spacial score (nSPS) is 41.3. The minimum Gasteiger partial charge on any atom is -0.390 e. The molecule has 5 N–H and O–H groups in total. The summed E-state index contributed by atoms with van der Waals surface area (Å²) in [4.78, 5) is 29.8. The van der Waals surface area contributed by atoms with Crippen LogP contribution < -0.4 is 16.2 Å². The molecule has 12 heteroatoms. The monoisotopic (exact) mass is 360 g/mol. The van der Waals surface area contributed by atoms with E-state index < -0.39 is 43.8 Å². The van der Waals surface area contributed by atoms with Gasteiger partial charge in [0.15, 0.2) is 0 Å². The molecule has 1 aromatic rings. The summed E-state index contributed by atoms with van der Waals surface area (Å²) < 4.78 is 27.2. The van der Waals surface area contributed by atoms with Crippen LogP contribution in [0.25, 0.3) is 0 Å². The van der Waals surface area contributed by atoms with Crippen molar-refractivity contribution in [1.29, 1.82) is 0 Å². The van der Waals surface area contributed by atoms with Gasteiger partial charge in [0.1, 0.15) is 24.3 Å². The quantitative estimate of drug-likeness (QED) is 0.403. The molecule has 0 saturated carbocycles. The van der Waals surface area contributed by atoms with E-state index in [-0.39, 0.29) is 19.0 Å². The first kappa shape index (κ1) is 16.0. The summed E-state index contributed by atoms with van der Waals surface area (Å²) >= 11 is 0.